The van der Waals surface area contributed by atoms with Gasteiger partial charge < -0.3 is 19.2 Å². The number of hydrogen-bond acceptors (Lipinski definition) is 5. The van der Waals surface area contributed by atoms with Gasteiger partial charge in [-0.05, 0) is 44.4 Å². The second kappa shape index (κ2) is 7.39. The summed E-state index contributed by atoms with van der Waals surface area (Å²) in [5.41, 5.74) is 5.18. The summed E-state index contributed by atoms with van der Waals surface area (Å²) in [5, 5.41) is 10.2. The van der Waals surface area contributed by atoms with Gasteiger partial charge in [-0.3, -0.25) is 4.79 Å². The van der Waals surface area contributed by atoms with Crippen LogP contribution in [0, 0.1) is 11.3 Å². The molecule has 6 heteroatoms. The number of fused-ring (bicyclic) bond motifs is 5. The van der Waals surface area contributed by atoms with Gasteiger partial charge in [0.1, 0.15) is 6.10 Å². The predicted molar refractivity (Wildman–Crippen MR) is 123 cm³/mol. The Labute approximate surface area is 193 Å². The van der Waals surface area contributed by atoms with Gasteiger partial charge in [-0.15, -0.1) is 0 Å². The number of nitriles is 1. The SMILES string of the molecule is CC1(C)OC[C@H](COC2C=CC3=C(C2)C2(CCCC2)c2[nH]c4cc(C#N)ccc4c2C3=O)O1. The summed E-state index contributed by atoms with van der Waals surface area (Å²) in [5.74, 6) is -0.481. The van der Waals surface area contributed by atoms with E-state index in [2.05, 4.69) is 11.1 Å². The van der Waals surface area contributed by atoms with Crippen LogP contribution < -0.4 is 0 Å². The fraction of sp³-hybridized carbons (Fsp3) is 0.481. The number of aromatic amines is 1. The molecule has 0 amide bonds. The minimum atomic E-state index is -0.562. The molecule has 1 spiro atoms. The fourth-order valence-corrected chi connectivity index (χ4v) is 6.22. The van der Waals surface area contributed by atoms with Crippen molar-refractivity contribution in [3.8, 4) is 6.07 Å². The number of nitrogens with one attached hydrogen (secondary N) is 1. The minimum absolute atomic E-state index is 0.0770. The number of carbonyl (C=O) groups excluding carboxylic acids is 1. The first kappa shape index (κ1) is 20.9. The summed E-state index contributed by atoms with van der Waals surface area (Å²) >= 11 is 0. The normalized spacial score (nSPS) is 27.2. The first-order valence-corrected chi connectivity index (χ1v) is 11.9. The molecule has 2 heterocycles. The second-order valence-electron chi connectivity index (χ2n) is 10.1. The number of hydrogen-bond donors (Lipinski definition) is 1. The molecule has 1 N–H and O–H groups in total. The topological polar surface area (TPSA) is 84.3 Å². The lowest BCUT2D eigenvalue weighted by molar-refractivity contribution is -0.146. The summed E-state index contributed by atoms with van der Waals surface area (Å²) in [6, 6.07) is 7.78. The van der Waals surface area contributed by atoms with Crippen LogP contribution in [-0.4, -0.2) is 42.0 Å². The molecule has 33 heavy (non-hydrogen) atoms. The molecule has 2 fully saturated rings. The Morgan fingerprint density at radius 2 is 2.09 bits per heavy atom. The highest BCUT2D eigenvalue weighted by atomic mass is 16.7. The van der Waals surface area contributed by atoms with E-state index in [1.807, 2.05) is 38.1 Å². The lowest BCUT2D eigenvalue weighted by Gasteiger charge is -2.40. The van der Waals surface area contributed by atoms with Crippen molar-refractivity contribution >= 4 is 16.7 Å². The predicted octanol–water partition coefficient (Wildman–Crippen LogP) is 4.84. The molecular formula is C27H28N2O4. The van der Waals surface area contributed by atoms with Gasteiger partial charge in [-0.2, -0.15) is 5.26 Å². The van der Waals surface area contributed by atoms with Crippen LogP contribution in [0.15, 0.2) is 41.5 Å². The third-order valence-electron chi connectivity index (χ3n) is 7.68. The van der Waals surface area contributed by atoms with E-state index in [0.29, 0.717) is 25.2 Å². The van der Waals surface area contributed by atoms with E-state index in [4.69, 9.17) is 14.2 Å². The standard InChI is InChI=1S/C27H28N2O4/c1-26(2)32-15-18(33-26)14-31-17-6-8-19-21(12-17)27(9-3-4-10-27)25-23(24(19)30)20-7-5-16(13-28)11-22(20)29-25/h5-8,11,17-18,29H,3-4,9-10,12,14-15H2,1-2H3/t17?,18-/m0/s1. The molecule has 1 aliphatic heterocycles. The number of rotatable bonds is 3. The zero-order chi connectivity index (χ0) is 22.8. The molecule has 2 atom stereocenters. The fourth-order valence-electron chi connectivity index (χ4n) is 6.22. The number of ketones is 1. The van der Waals surface area contributed by atoms with Crippen molar-refractivity contribution < 1.29 is 19.0 Å². The minimum Gasteiger partial charge on any atom is -0.371 e. The monoisotopic (exact) mass is 444 g/mol. The molecule has 1 aromatic heterocycles. The highest BCUT2D eigenvalue weighted by Gasteiger charge is 2.49. The van der Waals surface area contributed by atoms with Crippen LogP contribution in [0.1, 0.15) is 67.6 Å². The molecule has 6 rings (SSSR count). The Bertz CT molecular complexity index is 1250. The first-order chi connectivity index (χ1) is 15.9. The van der Waals surface area contributed by atoms with E-state index >= 15 is 0 Å². The molecule has 1 aromatic carbocycles. The molecule has 1 saturated heterocycles. The third-order valence-corrected chi connectivity index (χ3v) is 7.68. The molecule has 0 bridgehead atoms. The van der Waals surface area contributed by atoms with Gasteiger partial charge in [0, 0.05) is 34.0 Å². The van der Waals surface area contributed by atoms with Crippen LogP contribution in [0.3, 0.4) is 0 Å². The van der Waals surface area contributed by atoms with Crippen molar-refractivity contribution in [1.29, 1.82) is 5.26 Å². The van der Waals surface area contributed by atoms with Gasteiger partial charge in [0.2, 0.25) is 0 Å². The lowest BCUT2D eigenvalue weighted by atomic mass is 9.64. The van der Waals surface area contributed by atoms with Crippen LogP contribution in [0.2, 0.25) is 0 Å². The number of allylic oxidation sites excluding steroid dienone is 2. The molecule has 6 nitrogen and oxygen atoms in total. The number of ether oxygens (including phenoxy) is 3. The lowest BCUT2D eigenvalue weighted by Crippen LogP contribution is -2.37. The van der Waals surface area contributed by atoms with E-state index in [1.165, 1.54) is 5.57 Å². The van der Waals surface area contributed by atoms with Crippen molar-refractivity contribution in [1.82, 2.24) is 4.98 Å². The van der Waals surface area contributed by atoms with Gasteiger partial charge in [0.05, 0.1) is 36.5 Å². The molecule has 2 aromatic rings. The van der Waals surface area contributed by atoms with Gasteiger partial charge >= 0.3 is 0 Å². The quantitative estimate of drug-likeness (QED) is 0.732. The number of aromatic nitrogens is 1. The van der Waals surface area contributed by atoms with Crippen LogP contribution in [0.4, 0.5) is 0 Å². The number of benzene rings is 1. The Balaban J connectivity index is 1.34. The highest BCUT2D eigenvalue weighted by molar-refractivity contribution is 6.20. The Kier molecular flexibility index (Phi) is 4.67. The first-order valence-electron chi connectivity index (χ1n) is 11.9. The Morgan fingerprint density at radius 1 is 1.27 bits per heavy atom. The highest BCUT2D eigenvalue weighted by Crippen LogP contribution is 2.55. The average Bonchev–Trinajstić information content (AvgIpc) is 3.53. The second-order valence-corrected chi connectivity index (χ2v) is 10.1. The van der Waals surface area contributed by atoms with Crippen LogP contribution in [0.25, 0.3) is 10.9 Å². The number of Topliss-reactive ketones (excluding diaryl/α,β-unsaturated/α-hetero) is 1. The number of carbonyl (C=O) groups is 1. The molecule has 3 aliphatic carbocycles. The Morgan fingerprint density at radius 3 is 2.82 bits per heavy atom. The van der Waals surface area contributed by atoms with Crippen molar-refractivity contribution in [2.45, 2.75) is 69.4 Å². The molecule has 4 aliphatic rings. The van der Waals surface area contributed by atoms with E-state index in [1.54, 1.807) is 6.07 Å². The maximum absolute atomic E-state index is 13.7. The van der Waals surface area contributed by atoms with Gasteiger partial charge in [-0.25, -0.2) is 0 Å². The molecular weight excluding hydrogens is 416 g/mol. The molecule has 1 saturated carbocycles. The van der Waals surface area contributed by atoms with Crippen LogP contribution >= 0.6 is 0 Å². The zero-order valence-corrected chi connectivity index (χ0v) is 19.1. The maximum atomic E-state index is 13.7. The van der Waals surface area contributed by atoms with Gasteiger partial charge in [-0.1, -0.05) is 31.1 Å². The summed E-state index contributed by atoms with van der Waals surface area (Å²) in [6.07, 6.45) is 8.89. The van der Waals surface area contributed by atoms with E-state index in [9.17, 15) is 10.1 Å². The summed E-state index contributed by atoms with van der Waals surface area (Å²) in [6.45, 7) is 4.83. The number of nitrogens with zero attached hydrogens (tertiary/aromatic N) is 1. The van der Waals surface area contributed by atoms with Crippen molar-refractivity contribution in [3.05, 3.63) is 58.3 Å². The smallest absolute Gasteiger partial charge is 0.195 e. The maximum Gasteiger partial charge on any atom is 0.195 e. The Hall–Kier alpha value is -2.72. The molecule has 170 valence electrons. The van der Waals surface area contributed by atoms with Crippen LogP contribution in [0.5, 0.6) is 0 Å². The molecule has 1 unspecified atom stereocenters. The van der Waals surface area contributed by atoms with Gasteiger partial charge in [0.25, 0.3) is 0 Å². The number of H-pyrrole nitrogens is 1. The average molecular weight is 445 g/mol. The van der Waals surface area contributed by atoms with Gasteiger partial charge in [0.15, 0.2) is 11.6 Å². The van der Waals surface area contributed by atoms with E-state index in [-0.39, 0.29) is 23.4 Å². The van der Waals surface area contributed by atoms with Crippen molar-refractivity contribution in [2.75, 3.05) is 13.2 Å². The van der Waals surface area contributed by atoms with E-state index < -0.39 is 5.79 Å². The van der Waals surface area contributed by atoms with Crippen molar-refractivity contribution in [3.63, 3.8) is 0 Å². The van der Waals surface area contributed by atoms with Crippen molar-refractivity contribution in [2.24, 2.45) is 0 Å². The summed E-state index contributed by atoms with van der Waals surface area (Å²) in [7, 11) is 0. The van der Waals surface area contributed by atoms with E-state index in [0.717, 1.165) is 53.4 Å². The summed E-state index contributed by atoms with van der Waals surface area (Å²) in [4.78, 5) is 17.3. The third kappa shape index (κ3) is 3.22. The molecule has 0 radical (unpaired) electrons. The van der Waals surface area contributed by atoms with Crippen LogP contribution in [-0.2, 0) is 19.6 Å². The largest absolute Gasteiger partial charge is 0.371 e. The zero-order valence-electron chi connectivity index (χ0n) is 19.1. The summed E-state index contributed by atoms with van der Waals surface area (Å²) < 4.78 is 17.8.